The molecule has 10 heteroatoms. The van der Waals surface area contributed by atoms with Crippen molar-refractivity contribution in [3.05, 3.63) is 104 Å². The Bertz CT molecular complexity index is 1430. The molecule has 0 fully saturated rings. The molecule has 0 aromatic heterocycles. The zero-order valence-electron chi connectivity index (χ0n) is 20.1. The Morgan fingerprint density at radius 2 is 0.947 bits per heavy atom. The number of hydrogen-bond donors (Lipinski definition) is 2. The molecule has 38 heavy (non-hydrogen) atoms. The fourth-order valence-corrected chi connectivity index (χ4v) is 4.21. The topological polar surface area (TPSA) is 76.7 Å². The van der Waals surface area contributed by atoms with E-state index in [0.717, 1.165) is 11.1 Å². The lowest BCUT2D eigenvalue weighted by atomic mass is 10.0. The minimum absolute atomic E-state index is 0.284. The number of amides is 2. The summed E-state index contributed by atoms with van der Waals surface area (Å²) in [5, 5.41) is 6.94. The number of anilines is 2. The van der Waals surface area contributed by atoms with E-state index in [-0.39, 0.29) is 21.9 Å². The van der Waals surface area contributed by atoms with Crippen molar-refractivity contribution in [1.29, 1.82) is 0 Å². The first-order valence-corrected chi connectivity index (χ1v) is 12.6. The van der Waals surface area contributed by atoms with Gasteiger partial charge in [0.15, 0.2) is 0 Å². The molecular formula is C28H20Cl4N2O4. The number of carbonyl (C=O) groups is 2. The molecule has 0 radical (unpaired) electrons. The second kappa shape index (κ2) is 12.0. The zero-order chi connectivity index (χ0) is 27.4. The van der Waals surface area contributed by atoms with Gasteiger partial charge in [-0.2, -0.15) is 0 Å². The molecule has 0 bridgehead atoms. The molecular weight excluding hydrogens is 570 g/mol. The molecule has 0 saturated carbocycles. The molecule has 0 aliphatic rings. The fraction of sp³-hybridized carbons (Fsp3) is 0.0714. The normalized spacial score (nSPS) is 10.6. The van der Waals surface area contributed by atoms with Crippen molar-refractivity contribution in [2.75, 3.05) is 24.9 Å². The van der Waals surface area contributed by atoms with Crippen LogP contribution in [-0.4, -0.2) is 26.0 Å². The Balaban J connectivity index is 1.56. The summed E-state index contributed by atoms with van der Waals surface area (Å²) >= 11 is 24.0. The van der Waals surface area contributed by atoms with Crippen molar-refractivity contribution >= 4 is 69.6 Å². The predicted octanol–water partition coefficient (Wildman–Crippen LogP) is 8.49. The maximum atomic E-state index is 12.7. The molecule has 0 saturated heterocycles. The molecule has 4 rings (SSSR count). The van der Waals surface area contributed by atoms with Gasteiger partial charge in [0.1, 0.15) is 11.5 Å². The lowest BCUT2D eigenvalue weighted by molar-refractivity contribution is 0.101. The number of rotatable bonds is 7. The number of nitrogens with one attached hydrogen (secondary N) is 2. The van der Waals surface area contributed by atoms with Gasteiger partial charge in [-0.3, -0.25) is 9.59 Å². The SMILES string of the molecule is COc1cc(-c2ccc(NC(=O)c3ccc(Cl)c(Cl)c3)c(OC)c2)ccc1NC(=O)c1ccc(Cl)c(Cl)c1. The van der Waals surface area contributed by atoms with Crippen LogP contribution in [0.1, 0.15) is 20.7 Å². The summed E-state index contributed by atoms with van der Waals surface area (Å²) in [6, 6.07) is 20.0. The number of halogens is 4. The third-order valence-electron chi connectivity index (χ3n) is 5.60. The van der Waals surface area contributed by atoms with E-state index in [1.807, 2.05) is 12.1 Å². The van der Waals surface area contributed by atoms with E-state index < -0.39 is 0 Å². The lowest BCUT2D eigenvalue weighted by Gasteiger charge is -2.15. The molecule has 4 aromatic carbocycles. The highest BCUT2D eigenvalue weighted by atomic mass is 35.5. The van der Waals surface area contributed by atoms with Gasteiger partial charge in [0.25, 0.3) is 11.8 Å². The molecule has 6 nitrogen and oxygen atoms in total. The quantitative estimate of drug-likeness (QED) is 0.226. The third-order valence-corrected chi connectivity index (χ3v) is 7.07. The number of carbonyl (C=O) groups excluding carboxylic acids is 2. The summed E-state index contributed by atoms with van der Waals surface area (Å²) in [7, 11) is 3.02. The van der Waals surface area contributed by atoms with Gasteiger partial charge in [0, 0.05) is 11.1 Å². The van der Waals surface area contributed by atoms with Gasteiger partial charge in [-0.15, -0.1) is 0 Å². The number of benzene rings is 4. The first kappa shape index (κ1) is 27.6. The summed E-state index contributed by atoms with van der Waals surface area (Å²) in [5.74, 6) is 0.176. The van der Waals surface area contributed by atoms with Crippen LogP contribution >= 0.6 is 46.4 Å². The first-order valence-electron chi connectivity index (χ1n) is 11.1. The summed E-state index contributed by atoms with van der Waals surface area (Å²) in [6.45, 7) is 0. The molecule has 0 unspecified atom stereocenters. The monoisotopic (exact) mass is 588 g/mol. The van der Waals surface area contributed by atoms with E-state index in [1.54, 1.807) is 48.5 Å². The van der Waals surface area contributed by atoms with Gasteiger partial charge in [-0.1, -0.05) is 58.5 Å². The Morgan fingerprint density at radius 3 is 1.29 bits per heavy atom. The summed E-state index contributed by atoms with van der Waals surface area (Å²) in [4.78, 5) is 25.4. The summed E-state index contributed by atoms with van der Waals surface area (Å²) in [6.07, 6.45) is 0. The van der Waals surface area contributed by atoms with Crippen LogP contribution in [-0.2, 0) is 0 Å². The predicted molar refractivity (Wildman–Crippen MR) is 154 cm³/mol. The van der Waals surface area contributed by atoms with Crippen molar-refractivity contribution in [3.8, 4) is 22.6 Å². The molecule has 2 N–H and O–H groups in total. The minimum atomic E-state index is -0.363. The lowest BCUT2D eigenvalue weighted by Crippen LogP contribution is -2.13. The van der Waals surface area contributed by atoms with E-state index in [4.69, 9.17) is 55.9 Å². The van der Waals surface area contributed by atoms with Crippen molar-refractivity contribution in [2.24, 2.45) is 0 Å². The van der Waals surface area contributed by atoms with E-state index >= 15 is 0 Å². The first-order chi connectivity index (χ1) is 18.2. The van der Waals surface area contributed by atoms with Gasteiger partial charge in [-0.25, -0.2) is 0 Å². The number of methoxy groups -OCH3 is 2. The molecule has 4 aromatic rings. The zero-order valence-corrected chi connectivity index (χ0v) is 23.1. The summed E-state index contributed by atoms with van der Waals surface area (Å²) < 4.78 is 11.0. The minimum Gasteiger partial charge on any atom is -0.495 e. The number of hydrogen-bond acceptors (Lipinski definition) is 4. The van der Waals surface area contributed by atoms with Crippen LogP contribution in [0.2, 0.25) is 20.1 Å². The van der Waals surface area contributed by atoms with E-state index in [1.165, 1.54) is 26.4 Å². The van der Waals surface area contributed by atoms with Crippen LogP contribution in [0, 0.1) is 0 Å². The third kappa shape index (κ3) is 6.17. The highest BCUT2D eigenvalue weighted by Gasteiger charge is 2.15. The maximum absolute atomic E-state index is 12.7. The second-order valence-corrected chi connectivity index (χ2v) is 9.62. The fourth-order valence-electron chi connectivity index (χ4n) is 3.61. The number of ether oxygens (including phenoxy) is 2. The van der Waals surface area contributed by atoms with Crippen LogP contribution in [0.15, 0.2) is 72.8 Å². The maximum Gasteiger partial charge on any atom is 0.255 e. The molecule has 0 spiro atoms. The van der Waals surface area contributed by atoms with E-state index in [9.17, 15) is 9.59 Å². The van der Waals surface area contributed by atoms with Crippen LogP contribution in [0.25, 0.3) is 11.1 Å². The van der Waals surface area contributed by atoms with E-state index in [0.29, 0.717) is 44.0 Å². The largest absolute Gasteiger partial charge is 0.495 e. The van der Waals surface area contributed by atoms with Crippen LogP contribution in [0.3, 0.4) is 0 Å². The standard InChI is InChI=1S/C28H20Cl4N2O4/c1-37-25-13-15(5-9-23(25)33-27(35)17-3-7-19(29)21(31)11-17)16-6-10-24(26(14-16)38-2)34-28(36)18-4-8-20(30)22(32)12-18/h3-14H,1-2H3,(H,33,35)(H,34,36). The second-order valence-electron chi connectivity index (χ2n) is 8.00. The van der Waals surface area contributed by atoms with Crippen LogP contribution < -0.4 is 20.1 Å². The molecule has 2 amide bonds. The summed E-state index contributed by atoms with van der Waals surface area (Å²) in [5.41, 5.74) is 3.27. The van der Waals surface area contributed by atoms with Crippen LogP contribution in [0.4, 0.5) is 11.4 Å². The molecule has 0 aliphatic heterocycles. The molecule has 0 heterocycles. The van der Waals surface area contributed by atoms with E-state index in [2.05, 4.69) is 10.6 Å². The Hall–Kier alpha value is -3.42. The highest BCUT2D eigenvalue weighted by Crippen LogP contribution is 2.35. The smallest absolute Gasteiger partial charge is 0.255 e. The van der Waals surface area contributed by atoms with Gasteiger partial charge in [-0.05, 0) is 71.8 Å². The van der Waals surface area contributed by atoms with Crippen molar-refractivity contribution in [2.45, 2.75) is 0 Å². The van der Waals surface area contributed by atoms with Crippen LogP contribution in [0.5, 0.6) is 11.5 Å². The van der Waals surface area contributed by atoms with Crippen molar-refractivity contribution in [3.63, 3.8) is 0 Å². The molecule has 194 valence electrons. The van der Waals surface area contributed by atoms with Gasteiger partial charge in [0.05, 0.1) is 45.7 Å². The van der Waals surface area contributed by atoms with Gasteiger partial charge in [0.2, 0.25) is 0 Å². The van der Waals surface area contributed by atoms with Crippen molar-refractivity contribution < 1.29 is 19.1 Å². The molecule has 0 atom stereocenters. The van der Waals surface area contributed by atoms with Gasteiger partial charge >= 0.3 is 0 Å². The average Bonchev–Trinajstić information content (AvgIpc) is 2.92. The Labute approximate surface area is 239 Å². The Kier molecular flexibility index (Phi) is 8.69. The van der Waals surface area contributed by atoms with Gasteiger partial charge < -0.3 is 20.1 Å². The average molecular weight is 590 g/mol. The highest BCUT2D eigenvalue weighted by molar-refractivity contribution is 6.42. The Morgan fingerprint density at radius 1 is 0.553 bits per heavy atom. The van der Waals surface area contributed by atoms with Crippen molar-refractivity contribution in [1.82, 2.24) is 0 Å². The molecule has 0 aliphatic carbocycles.